The molecule has 0 radical (unpaired) electrons. The van der Waals surface area contributed by atoms with Crippen molar-refractivity contribution in [2.75, 3.05) is 13.1 Å². The molecule has 0 bridgehead atoms. The smallest absolute Gasteiger partial charge is 0.188 e. The number of unbranched alkanes of at least 4 members (excludes halogenated alkanes) is 5. The number of hydrogen-bond acceptors (Lipinski definition) is 2. The lowest BCUT2D eigenvalue weighted by Gasteiger charge is -2.10. The minimum Gasteiger partial charge on any atom is -0.386 e. The number of guanidine groups is 1. The van der Waals surface area contributed by atoms with Gasteiger partial charge in [0.2, 0.25) is 0 Å². The quantitative estimate of drug-likeness (QED) is 0.226. The Bertz CT molecular complexity index is 457. The zero-order valence-corrected chi connectivity index (χ0v) is 16.1. The van der Waals surface area contributed by atoms with E-state index in [4.69, 9.17) is 5.73 Å². The van der Waals surface area contributed by atoms with Crippen LogP contribution >= 0.6 is 24.0 Å². The Labute approximate surface area is 155 Å². The molecule has 0 fully saturated rings. The van der Waals surface area contributed by atoms with Crippen LogP contribution in [-0.2, 0) is 0 Å². The maximum absolute atomic E-state index is 13.5. The summed E-state index contributed by atoms with van der Waals surface area (Å²) in [6, 6.07) is 6.15. The molecular weight excluding hydrogens is 408 g/mol. The number of aliphatic hydroxyl groups is 1. The van der Waals surface area contributed by atoms with E-state index in [2.05, 4.69) is 17.2 Å². The number of benzene rings is 1. The van der Waals surface area contributed by atoms with E-state index in [-0.39, 0.29) is 36.1 Å². The van der Waals surface area contributed by atoms with Crippen molar-refractivity contribution in [2.45, 2.75) is 51.6 Å². The van der Waals surface area contributed by atoms with E-state index in [0.29, 0.717) is 5.96 Å². The van der Waals surface area contributed by atoms with Gasteiger partial charge in [-0.3, -0.25) is 4.99 Å². The topological polar surface area (TPSA) is 70.6 Å². The summed E-state index contributed by atoms with van der Waals surface area (Å²) >= 11 is 0. The number of halogens is 2. The summed E-state index contributed by atoms with van der Waals surface area (Å²) in [5.74, 6) is -0.132. The maximum atomic E-state index is 13.5. The highest BCUT2D eigenvalue weighted by Gasteiger charge is 2.11. The van der Waals surface area contributed by atoms with Crippen molar-refractivity contribution in [1.82, 2.24) is 5.32 Å². The number of aliphatic hydroxyl groups excluding tert-OH is 1. The van der Waals surface area contributed by atoms with E-state index in [1.54, 1.807) is 18.2 Å². The Morgan fingerprint density at radius 3 is 2.57 bits per heavy atom. The van der Waals surface area contributed by atoms with Gasteiger partial charge >= 0.3 is 0 Å². The molecule has 0 aliphatic heterocycles. The first-order valence-electron chi connectivity index (χ1n) is 8.11. The Morgan fingerprint density at radius 1 is 1.22 bits per heavy atom. The fourth-order valence-corrected chi connectivity index (χ4v) is 2.21. The first kappa shape index (κ1) is 22.1. The summed E-state index contributed by atoms with van der Waals surface area (Å²) in [6.45, 7) is 3.03. The van der Waals surface area contributed by atoms with Gasteiger partial charge in [0, 0.05) is 12.1 Å². The van der Waals surface area contributed by atoms with E-state index in [9.17, 15) is 9.50 Å². The fourth-order valence-electron chi connectivity index (χ4n) is 2.21. The van der Waals surface area contributed by atoms with Gasteiger partial charge in [-0.15, -0.1) is 24.0 Å². The number of nitrogens with two attached hydrogens (primary N) is 1. The molecular formula is C17H29FIN3O. The molecule has 4 N–H and O–H groups in total. The standard InChI is InChI=1S/C17H28FN3O.HI/c1-2-3-4-5-6-9-12-20-17(19)21-13-16(22)14-10-7-8-11-15(14)18;/h7-8,10-11,16,22H,2-6,9,12-13H2,1H3,(H3,19,20,21);1H. The molecule has 0 aliphatic rings. The Morgan fingerprint density at radius 2 is 1.87 bits per heavy atom. The number of nitrogens with one attached hydrogen (secondary N) is 1. The second-order valence-electron chi connectivity index (χ2n) is 5.46. The Balaban J connectivity index is 0.00000484. The molecule has 132 valence electrons. The molecule has 4 nitrogen and oxygen atoms in total. The number of nitrogens with zero attached hydrogens (tertiary/aromatic N) is 1. The third-order valence-electron chi connectivity index (χ3n) is 3.54. The predicted molar refractivity (Wildman–Crippen MR) is 105 cm³/mol. The van der Waals surface area contributed by atoms with Gasteiger partial charge in [-0.25, -0.2) is 4.39 Å². The third-order valence-corrected chi connectivity index (χ3v) is 3.54. The molecule has 0 aromatic heterocycles. The summed E-state index contributed by atoms with van der Waals surface area (Å²) < 4.78 is 13.5. The normalized spacial score (nSPS) is 12.6. The van der Waals surface area contributed by atoms with Crippen LogP contribution in [0.3, 0.4) is 0 Å². The molecule has 0 amide bonds. The Hall–Kier alpha value is -0.890. The van der Waals surface area contributed by atoms with Crippen molar-refractivity contribution in [3.05, 3.63) is 35.6 Å². The van der Waals surface area contributed by atoms with Crippen molar-refractivity contribution in [3.63, 3.8) is 0 Å². The van der Waals surface area contributed by atoms with E-state index in [0.717, 1.165) is 13.0 Å². The lowest BCUT2D eigenvalue weighted by atomic mass is 10.1. The zero-order chi connectivity index (χ0) is 16.2. The van der Waals surface area contributed by atoms with Crippen molar-refractivity contribution >= 4 is 29.9 Å². The molecule has 0 saturated carbocycles. The van der Waals surface area contributed by atoms with Crippen molar-refractivity contribution in [3.8, 4) is 0 Å². The highest BCUT2D eigenvalue weighted by molar-refractivity contribution is 14.0. The predicted octanol–water partition coefficient (Wildman–Crippen LogP) is 3.74. The number of aliphatic imine (C=N–C) groups is 1. The van der Waals surface area contributed by atoms with Crippen LogP contribution in [0.15, 0.2) is 29.3 Å². The molecule has 1 atom stereocenters. The average molecular weight is 437 g/mol. The molecule has 1 rings (SSSR count). The molecule has 23 heavy (non-hydrogen) atoms. The monoisotopic (exact) mass is 437 g/mol. The minimum atomic E-state index is -0.976. The fraction of sp³-hybridized carbons (Fsp3) is 0.588. The first-order valence-corrected chi connectivity index (χ1v) is 8.11. The summed E-state index contributed by atoms with van der Waals surface area (Å²) in [7, 11) is 0. The van der Waals surface area contributed by atoms with Crippen LogP contribution in [0.4, 0.5) is 4.39 Å². The molecule has 0 heterocycles. The van der Waals surface area contributed by atoms with Crippen LogP contribution in [0, 0.1) is 5.82 Å². The van der Waals surface area contributed by atoms with Gasteiger partial charge < -0.3 is 16.2 Å². The van der Waals surface area contributed by atoms with Gasteiger partial charge in [0.1, 0.15) is 11.9 Å². The van der Waals surface area contributed by atoms with Gasteiger partial charge in [0.15, 0.2) is 5.96 Å². The van der Waals surface area contributed by atoms with E-state index < -0.39 is 11.9 Å². The molecule has 1 unspecified atom stereocenters. The number of rotatable bonds is 10. The van der Waals surface area contributed by atoms with Gasteiger partial charge in [0.25, 0.3) is 0 Å². The summed E-state index contributed by atoms with van der Waals surface area (Å²) in [4.78, 5) is 4.06. The first-order chi connectivity index (χ1) is 10.6. The van der Waals surface area contributed by atoms with Gasteiger partial charge in [-0.05, 0) is 12.5 Å². The third kappa shape index (κ3) is 9.76. The van der Waals surface area contributed by atoms with Crippen LogP contribution < -0.4 is 11.1 Å². The van der Waals surface area contributed by atoms with Gasteiger partial charge in [-0.2, -0.15) is 0 Å². The lowest BCUT2D eigenvalue weighted by molar-refractivity contribution is 0.182. The molecule has 0 saturated heterocycles. The molecule has 0 aliphatic carbocycles. The molecule has 0 spiro atoms. The number of hydrogen-bond donors (Lipinski definition) is 3. The SMILES string of the molecule is CCCCCCCCNC(N)=NCC(O)c1ccccc1F.I. The second kappa shape index (κ2) is 13.5. The molecule has 1 aromatic rings. The van der Waals surface area contributed by atoms with E-state index in [1.165, 1.54) is 38.2 Å². The van der Waals surface area contributed by atoms with Crippen molar-refractivity contribution in [1.29, 1.82) is 0 Å². The van der Waals surface area contributed by atoms with Crippen LogP contribution in [-0.4, -0.2) is 24.2 Å². The van der Waals surface area contributed by atoms with Gasteiger partial charge in [-0.1, -0.05) is 57.2 Å². The van der Waals surface area contributed by atoms with E-state index in [1.807, 2.05) is 0 Å². The van der Waals surface area contributed by atoms with Crippen LogP contribution in [0.25, 0.3) is 0 Å². The van der Waals surface area contributed by atoms with Gasteiger partial charge in [0.05, 0.1) is 6.54 Å². The highest BCUT2D eigenvalue weighted by atomic mass is 127. The highest BCUT2D eigenvalue weighted by Crippen LogP contribution is 2.16. The summed E-state index contributed by atoms with van der Waals surface area (Å²) in [5, 5.41) is 12.9. The second-order valence-corrected chi connectivity index (χ2v) is 5.46. The summed E-state index contributed by atoms with van der Waals surface area (Å²) in [6.07, 6.45) is 6.34. The van der Waals surface area contributed by atoms with Crippen LogP contribution in [0.2, 0.25) is 0 Å². The maximum Gasteiger partial charge on any atom is 0.188 e. The molecule has 1 aromatic carbocycles. The van der Waals surface area contributed by atoms with Crippen LogP contribution in [0.1, 0.15) is 57.1 Å². The average Bonchev–Trinajstić information content (AvgIpc) is 2.52. The van der Waals surface area contributed by atoms with E-state index >= 15 is 0 Å². The largest absolute Gasteiger partial charge is 0.386 e. The minimum absolute atomic E-state index is 0. The van der Waals surface area contributed by atoms with Crippen molar-refractivity contribution < 1.29 is 9.50 Å². The lowest BCUT2D eigenvalue weighted by Crippen LogP contribution is -2.32. The van der Waals surface area contributed by atoms with Crippen LogP contribution in [0.5, 0.6) is 0 Å². The van der Waals surface area contributed by atoms with Crippen molar-refractivity contribution in [2.24, 2.45) is 10.7 Å². The zero-order valence-electron chi connectivity index (χ0n) is 13.8. The Kier molecular flexibility index (Phi) is 13.0. The molecule has 6 heteroatoms. The summed E-state index contributed by atoms with van der Waals surface area (Å²) in [5.41, 5.74) is 5.98.